The fourth-order valence-corrected chi connectivity index (χ4v) is 4.64. The lowest BCUT2D eigenvalue weighted by molar-refractivity contribution is 0.0685. The summed E-state index contributed by atoms with van der Waals surface area (Å²) in [4.78, 5) is 28.4. The molecule has 1 aliphatic heterocycles. The summed E-state index contributed by atoms with van der Waals surface area (Å²) in [6.45, 7) is 2.08. The van der Waals surface area contributed by atoms with Crippen LogP contribution in [0.4, 0.5) is 0 Å². The molecule has 1 saturated heterocycles. The summed E-state index contributed by atoms with van der Waals surface area (Å²) in [5.41, 5.74) is 0.771. The molecular formula is C19H19N3O2S2. The van der Waals surface area contributed by atoms with Gasteiger partial charge in [-0.05, 0) is 47.7 Å². The van der Waals surface area contributed by atoms with E-state index in [0.29, 0.717) is 12.5 Å². The van der Waals surface area contributed by atoms with Crippen LogP contribution in [-0.2, 0) is 6.54 Å². The summed E-state index contributed by atoms with van der Waals surface area (Å²) in [6, 6.07) is 11.2. The second-order valence-corrected chi connectivity index (χ2v) is 8.32. The fourth-order valence-electron chi connectivity index (χ4n) is 3.25. The zero-order valence-electron chi connectivity index (χ0n) is 14.2. The standard InChI is InChI=1S/C19H19N3O2S2/c23-18-6-5-15(16-3-1-11-25-16)20-22(18)13-14-7-9-21(10-8-14)19(24)17-4-2-12-26-17/h1-6,11-12,14H,7-10,13H2. The van der Waals surface area contributed by atoms with Crippen molar-refractivity contribution in [2.45, 2.75) is 19.4 Å². The van der Waals surface area contributed by atoms with Gasteiger partial charge < -0.3 is 4.90 Å². The van der Waals surface area contributed by atoms with Gasteiger partial charge in [0.05, 0.1) is 9.75 Å². The lowest BCUT2D eigenvalue weighted by Crippen LogP contribution is -2.40. The van der Waals surface area contributed by atoms with E-state index < -0.39 is 0 Å². The quantitative estimate of drug-likeness (QED) is 0.690. The maximum Gasteiger partial charge on any atom is 0.266 e. The molecule has 3 aromatic rings. The van der Waals surface area contributed by atoms with E-state index in [1.807, 2.05) is 39.9 Å². The molecule has 3 aromatic heterocycles. The van der Waals surface area contributed by atoms with Crippen molar-refractivity contribution in [2.24, 2.45) is 5.92 Å². The Morgan fingerprint density at radius 2 is 1.85 bits per heavy atom. The number of piperidine rings is 1. The van der Waals surface area contributed by atoms with Gasteiger partial charge >= 0.3 is 0 Å². The highest BCUT2D eigenvalue weighted by molar-refractivity contribution is 7.13. The van der Waals surface area contributed by atoms with Gasteiger partial charge in [0.25, 0.3) is 11.5 Å². The highest BCUT2D eigenvalue weighted by Crippen LogP contribution is 2.23. The van der Waals surface area contributed by atoms with E-state index in [-0.39, 0.29) is 11.5 Å². The van der Waals surface area contributed by atoms with Crippen molar-refractivity contribution in [1.29, 1.82) is 0 Å². The molecule has 0 N–H and O–H groups in total. The molecule has 26 heavy (non-hydrogen) atoms. The largest absolute Gasteiger partial charge is 0.338 e. The molecule has 0 spiro atoms. The topological polar surface area (TPSA) is 55.2 Å². The predicted molar refractivity (Wildman–Crippen MR) is 105 cm³/mol. The van der Waals surface area contributed by atoms with Crippen LogP contribution >= 0.6 is 22.7 Å². The molecule has 0 bridgehead atoms. The molecule has 7 heteroatoms. The van der Waals surface area contributed by atoms with Crippen LogP contribution in [0.25, 0.3) is 10.6 Å². The van der Waals surface area contributed by atoms with Crippen LogP contribution in [0.1, 0.15) is 22.5 Å². The third kappa shape index (κ3) is 3.64. The number of carbonyl (C=O) groups is 1. The number of nitrogens with zero attached hydrogens (tertiary/aromatic N) is 3. The molecule has 1 amide bonds. The van der Waals surface area contributed by atoms with Gasteiger partial charge in [0.1, 0.15) is 5.69 Å². The molecule has 1 fully saturated rings. The Bertz CT molecular complexity index is 924. The number of amides is 1. The number of hydrogen-bond donors (Lipinski definition) is 0. The molecule has 0 atom stereocenters. The SMILES string of the molecule is O=C(c1cccs1)N1CCC(Cn2nc(-c3cccs3)ccc2=O)CC1. The van der Waals surface area contributed by atoms with Gasteiger partial charge in [0.15, 0.2) is 0 Å². The van der Waals surface area contributed by atoms with Crippen LogP contribution in [0, 0.1) is 5.92 Å². The van der Waals surface area contributed by atoms with Crippen LogP contribution in [0.2, 0.25) is 0 Å². The van der Waals surface area contributed by atoms with Gasteiger partial charge in [-0.2, -0.15) is 5.10 Å². The first-order chi connectivity index (χ1) is 12.7. The number of thiophene rings is 2. The van der Waals surface area contributed by atoms with Gasteiger partial charge in [-0.1, -0.05) is 12.1 Å². The smallest absolute Gasteiger partial charge is 0.266 e. The zero-order chi connectivity index (χ0) is 17.9. The first kappa shape index (κ1) is 17.2. The van der Waals surface area contributed by atoms with E-state index in [1.165, 1.54) is 11.3 Å². The fraction of sp³-hybridized carbons (Fsp3) is 0.316. The Hall–Kier alpha value is -2.25. The third-order valence-electron chi connectivity index (χ3n) is 4.71. The molecule has 0 radical (unpaired) electrons. The summed E-state index contributed by atoms with van der Waals surface area (Å²) >= 11 is 3.10. The molecule has 0 aliphatic carbocycles. The molecular weight excluding hydrogens is 366 g/mol. The molecule has 4 heterocycles. The molecule has 134 valence electrons. The molecule has 5 nitrogen and oxygen atoms in total. The second kappa shape index (κ2) is 7.55. The maximum absolute atomic E-state index is 12.4. The van der Waals surface area contributed by atoms with E-state index in [1.54, 1.807) is 28.2 Å². The average molecular weight is 386 g/mol. The van der Waals surface area contributed by atoms with E-state index in [2.05, 4.69) is 5.10 Å². The minimum absolute atomic E-state index is 0.0672. The highest BCUT2D eigenvalue weighted by Gasteiger charge is 2.24. The van der Waals surface area contributed by atoms with Crippen LogP contribution in [0.15, 0.2) is 52.0 Å². The summed E-state index contributed by atoms with van der Waals surface area (Å²) in [5.74, 6) is 0.486. The summed E-state index contributed by atoms with van der Waals surface area (Å²) in [6.07, 6.45) is 1.79. The van der Waals surface area contributed by atoms with Crippen molar-refractivity contribution in [2.75, 3.05) is 13.1 Å². The molecule has 0 saturated carbocycles. The number of hydrogen-bond acceptors (Lipinski definition) is 5. The van der Waals surface area contributed by atoms with Crippen molar-refractivity contribution in [3.8, 4) is 10.6 Å². The van der Waals surface area contributed by atoms with Gasteiger partial charge in [0.2, 0.25) is 0 Å². The minimum Gasteiger partial charge on any atom is -0.338 e. The lowest BCUT2D eigenvalue weighted by Gasteiger charge is -2.31. The Morgan fingerprint density at radius 1 is 1.08 bits per heavy atom. The number of rotatable bonds is 4. The average Bonchev–Trinajstić information content (AvgIpc) is 3.38. The minimum atomic E-state index is -0.0672. The van der Waals surface area contributed by atoms with Gasteiger partial charge in [-0.25, -0.2) is 4.68 Å². The normalized spacial score (nSPS) is 15.3. The summed E-state index contributed by atoms with van der Waals surface area (Å²) in [5, 5.41) is 8.48. The second-order valence-electron chi connectivity index (χ2n) is 6.43. The monoisotopic (exact) mass is 385 g/mol. The van der Waals surface area contributed by atoms with Crippen molar-refractivity contribution in [3.05, 3.63) is 62.4 Å². The number of carbonyl (C=O) groups excluding carboxylic acids is 1. The van der Waals surface area contributed by atoms with E-state index in [4.69, 9.17) is 0 Å². The van der Waals surface area contributed by atoms with E-state index in [9.17, 15) is 9.59 Å². The highest BCUT2D eigenvalue weighted by atomic mass is 32.1. The van der Waals surface area contributed by atoms with Crippen molar-refractivity contribution in [3.63, 3.8) is 0 Å². The van der Waals surface area contributed by atoms with Crippen LogP contribution in [-0.4, -0.2) is 33.7 Å². The number of likely N-dealkylation sites (tertiary alicyclic amines) is 1. The Balaban J connectivity index is 1.41. The molecule has 1 aliphatic rings. The third-order valence-corrected chi connectivity index (χ3v) is 6.46. The van der Waals surface area contributed by atoms with Crippen LogP contribution in [0.3, 0.4) is 0 Å². The van der Waals surface area contributed by atoms with Crippen LogP contribution in [0.5, 0.6) is 0 Å². The molecule has 4 rings (SSSR count). The first-order valence-electron chi connectivity index (χ1n) is 8.65. The molecule has 0 aromatic carbocycles. The zero-order valence-corrected chi connectivity index (χ0v) is 15.8. The van der Waals surface area contributed by atoms with Crippen molar-refractivity contribution < 1.29 is 4.79 Å². The first-order valence-corrected chi connectivity index (χ1v) is 10.4. The van der Waals surface area contributed by atoms with Crippen molar-refractivity contribution >= 4 is 28.6 Å². The van der Waals surface area contributed by atoms with Gasteiger partial charge in [-0.15, -0.1) is 22.7 Å². The van der Waals surface area contributed by atoms with Gasteiger partial charge in [0, 0.05) is 25.7 Å². The van der Waals surface area contributed by atoms with E-state index in [0.717, 1.165) is 41.4 Å². The van der Waals surface area contributed by atoms with E-state index >= 15 is 0 Å². The lowest BCUT2D eigenvalue weighted by atomic mass is 9.96. The summed E-state index contributed by atoms with van der Waals surface area (Å²) in [7, 11) is 0. The Morgan fingerprint density at radius 3 is 2.54 bits per heavy atom. The molecule has 0 unspecified atom stereocenters. The predicted octanol–water partition coefficient (Wildman–Crippen LogP) is 3.59. The Kier molecular flexibility index (Phi) is 4.99. The summed E-state index contributed by atoms with van der Waals surface area (Å²) < 4.78 is 1.58. The van der Waals surface area contributed by atoms with Gasteiger partial charge in [-0.3, -0.25) is 9.59 Å². The Labute approximate surface area is 159 Å². The number of aromatic nitrogens is 2. The maximum atomic E-state index is 12.4. The van der Waals surface area contributed by atoms with Crippen LogP contribution < -0.4 is 5.56 Å². The van der Waals surface area contributed by atoms with Crippen molar-refractivity contribution in [1.82, 2.24) is 14.7 Å².